The zero-order chi connectivity index (χ0) is 13.3. The highest BCUT2D eigenvalue weighted by atomic mass is 32.2. The fourth-order valence-electron chi connectivity index (χ4n) is 2.12. The van der Waals surface area contributed by atoms with Crippen LogP contribution < -0.4 is 0 Å². The third-order valence-electron chi connectivity index (χ3n) is 3.48. The second-order valence-electron chi connectivity index (χ2n) is 5.99. The van der Waals surface area contributed by atoms with Crippen molar-refractivity contribution >= 4 is 9.84 Å². The van der Waals surface area contributed by atoms with Crippen LogP contribution in [-0.2, 0) is 9.84 Å². The van der Waals surface area contributed by atoms with E-state index in [0.29, 0.717) is 12.6 Å². The second-order valence-corrected chi connectivity index (χ2v) is 8.25. The average molecular weight is 262 g/mol. The molecule has 17 heavy (non-hydrogen) atoms. The van der Waals surface area contributed by atoms with Crippen molar-refractivity contribution in [2.75, 3.05) is 38.2 Å². The van der Waals surface area contributed by atoms with Crippen molar-refractivity contribution in [3.63, 3.8) is 0 Å². The summed E-state index contributed by atoms with van der Waals surface area (Å²) in [4.78, 5) is 4.71. The maximum atomic E-state index is 11.2. The third-order valence-corrected chi connectivity index (χ3v) is 4.41. The van der Waals surface area contributed by atoms with Crippen LogP contribution in [0.15, 0.2) is 0 Å². The van der Waals surface area contributed by atoms with Crippen LogP contribution in [0.2, 0.25) is 0 Å². The summed E-state index contributed by atoms with van der Waals surface area (Å²) < 4.78 is 22.3. The van der Waals surface area contributed by atoms with Gasteiger partial charge in [-0.3, -0.25) is 9.80 Å². The fourth-order valence-corrected chi connectivity index (χ4v) is 2.68. The summed E-state index contributed by atoms with van der Waals surface area (Å²) in [6.45, 7) is 12.5. The average Bonchev–Trinajstić information content (AvgIpc) is 2.04. The molecule has 0 N–H and O–H groups in total. The van der Waals surface area contributed by atoms with E-state index in [1.54, 1.807) is 0 Å². The first-order valence-electron chi connectivity index (χ1n) is 6.30. The van der Waals surface area contributed by atoms with Crippen LogP contribution in [0.4, 0.5) is 0 Å². The molecule has 0 aromatic heterocycles. The minimum Gasteiger partial charge on any atom is -0.297 e. The van der Waals surface area contributed by atoms with E-state index in [1.807, 2.05) is 0 Å². The Hall–Kier alpha value is -0.130. The molecule has 1 fully saturated rings. The van der Waals surface area contributed by atoms with Gasteiger partial charge in [0, 0.05) is 37.5 Å². The normalized spacial score (nSPS) is 19.6. The summed E-state index contributed by atoms with van der Waals surface area (Å²) >= 11 is 0. The van der Waals surface area contributed by atoms with E-state index in [4.69, 9.17) is 0 Å². The third kappa shape index (κ3) is 4.56. The van der Waals surface area contributed by atoms with Gasteiger partial charge in [0.2, 0.25) is 0 Å². The highest BCUT2D eigenvalue weighted by molar-refractivity contribution is 7.90. The van der Waals surface area contributed by atoms with Gasteiger partial charge in [-0.1, -0.05) is 6.92 Å². The van der Waals surface area contributed by atoms with E-state index < -0.39 is 9.84 Å². The quantitative estimate of drug-likeness (QED) is 0.736. The number of nitrogens with zero attached hydrogens (tertiary/aromatic N) is 2. The summed E-state index contributed by atoms with van der Waals surface area (Å²) in [5.41, 5.74) is 0.229. The Morgan fingerprint density at radius 3 is 2.18 bits per heavy atom. The van der Waals surface area contributed by atoms with Crippen molar-refractivity contribution in [1.82, 2.24) is 9.80 Å². The van der Waals surface area contributed by atoms with Crippen LogP contribution in [0, 0.1) is 0 Å². The second kappa shape index (κ2) is 5.24. The SMILES string of the molecule is CCN(CCS(C)(=O)=O)C1CN(C(C)(C)C)C1. The monoisotopic (exact) mass is 262 g/mol. The van der Waals surface area contributed by atoms with Crippen LogP contribution >= 0.6 is 0 Å². The van der Waals surface area contributed by atoms with Gasteiger partial charge in [0.05, 0.1) is 5.75 Å². The maximum absolute atomic E-state index is 11.2. The Labute approximate surface area is 106 Å². The van der Waals surface area contributed by atoms with Gasteiger partial charge in [0.25, 0.3) is 0 Å². The fraction of sp³-hybridized carbons (Fsp3) is 1.00. The number of likely N-dealkylation sites (N-methyl/N-ethyl adjacent to an activating group) is 1. The van der Waals surface area contributed by atoms with E-state index in [1.165, 1.54) is 6.26 Å². The Balaban J connectivity index is 2.40. The largest absolute Gasteiger partial charge is 0.297 e. The molecule has 0 unspecified atom stereocenters. The van der Waals surface area contributed by atoms with Crippen molar-refractivity contribution in [2.24, 2.45) is 0 Å². The molecule has 5 heteroatoms. The van der Waals surface area contributed by atoms with Crippen LogP contribution in [0.1, 0.15) is 27.7 Å². The minimum atomic E-state index is -2.84. The molecule has 1 saturated heterocycles. The highest BCUT2D eigenvalue weighted by Crippen LogP contribution is 2.24. The predicted octanol–water partition coefficient (Wildman–Crippen LogP) is 0.836. The van der Waals surface area contributed by atoms with Crippen LogP contribution in [0.3, 0.4) is 0 Å². The lowest BCUT2D eigenvalue weighted by atomic mass is 9.96. The molecule has 0 aliphatic carbocycles. The summed E-state index contributed by atoms with van der Waals surface area (Å²) in [7, 11) is -2.84. The molecule has 1 rings (SSSR count). The minimum absolute atomic E-state index is 0.229. The highest BCUT2D eigenvalue weighted by Gasteiger charge is 2.36. The van der Waals surface area contributed by atoms with Crippen molar-refractivity contribution in [3.8, 4) is 0 Å². The van der Waals surface area contributed by atoms with Crippen molar-refractivity contribution in [1.29, 1.82) is 0 Å². The Morgan fingerprint density at radius 2 is 1.82 bits per heavy atom. The Kier molecular flexibility index (Phi) is 4.60. The molecule has 102 valence electrons. The summed E-state index contributed by atoms with van der Waals surface area (Å²) in [6.07, 6.45) is 1.31. The van der Waals surface area contributed by atoms with Crippen LogP contribution in [0.25, 0.3) is 0 Å². The Bertz CT molecular complexity index is 340. The molecule has 4 nitrogen and oxygen atoms in total. The Morgan fingerprint density at radius 1 is 1.29 bits per heavy atom. The summed E-state index contributed by atoms with van der Waals surface area (Å²) in [6, 6.07) is 0.529. The van der Waals surface area contributed by atoms with Gasteiger partial charge in [-0.25, -0.2) is 8.42 Å². The van der Waals surface area contributed by atoms with E-state index in [-0.39, 0.29) is 11.3 Å². The number of hydrogen-bond donors (Lipinski definition) is 0. The number of hydrogen-bond acceptors (Lipinski definition) is 4. The number of rotatable bonds is 5. The number of likely N-dealkylation sites (tertiary alicyclic amines) is 1. The molecule has 0 radical (unpaired) electrons. The van der Waals surface area contributed by atoms with Gasteiger partial charge in [0.1, 0.15) is 9.84 Å². The molecule has 0 saturated carbocycles. The van der Waals surface area contributed by atoms with Gasteiger partial charge < -0.3 is 0 Å². The summed E-state index contributed by atoms with van der Waals surface area (Å²) in [5.74, 6) is 0.271. The van der Waals surface area contributed by atoms with E-state index in [2.05, 4.69) is 37.5 Å². The molecular weight excluding hydrogens is 236 g/mol. The zero-order valence-corrected chi connectivity index (χ0v) is 12.5. The van der Waals surface area contributed by atoms with E-state index in [0.717, 1.165) is 19.6 Å². The van der Waals surface area contributed by atoms with Gasteiger partial charge in [0.15, 0.2) is 0 Å². The lowest BCUT2D eigenvalue weighted by molar-refractivity contribution is -0.0182. The van der Waals surface area contributed by atoms with Crippen LogP contribution in [-0.4, -0.2) is 68.0 Å². The first-order chi connectivity index (χ1) is 7.63. The molecule has 0 aromatic carbocycles. The van der Waals surface area contributed by atoms with E-state index >= 15 is 0 Å². The topological polar surface area (TPSA) is 40.6 Å². The molecule has 1 aliphatic rings. The number of sulfone groups is 1. The lowest BCUT2D eigenvalue weighted by Gasteiger charge is -2.51. The molecular formula is C12H26N2O2S. The standard InChI is InChI=1S/C12H26N2O2S/c1-6-13(7-8-17(5,15)16)11-9-14(10-11)12(2,3)4/h11H,6-10H2,1-5H3. The molecule has 0 spiro atoms. The zero-order valence-electron chi connectivity index (χ0n) is 11.7. The van der Waals surface area contributed by atoms with Gasteiger partial charge in [-0.2, -0.15) is 0 Å². The van der Waals surface area contributed by atoms with Crippen molar-refractivity contribution < 1.29 is 8.42 Å². The molecule has 0 aromatic rings. The van der Waals surface area contributed by atoms with Gasteiger partial charge >= 0.3 is 0 Å². The maximum Gasteiger partial charge on any atom is 0.148 e. The van der Waals surface area contributed by atoms with Gasteiger partial charge in [-0.15, -0.1) is 0 Å². The lowest BCUT2D eigenvalue weighted by Crippen LogP contribution is -2.64. The van der Waals surface area contributed by atoms with E-state index in [9.17, 15) is 8.42 Å². The smallest absolute Gasteiger partial charge is 0.148 e. The van der Waals surface area contributed by atoms with Gasteiger partial charge in [-0.05, 0) is 27.3 Å². The molecule has 1 heterocycles. The first-order valence-corrected chi connectivity index (χ1v) is 8.36. The first kappa shape index (κ1) is 14.9. The predicted molar refractivity (Wildman–Crippen MR) is 72.1 cm³/mol. The van der Waals surface area contributed by atoms with Crippen LogP contribution in [0.5, 0.6) is 0 Å². The molecule has 0 amide bonds. The molecule has 1 aliphatic heterocycles. The molecule has 0 bridgehead atoms. The summed E-state index contributed by atoms with van der Waals surface area (Å²) in [5, 5.41) is 0. The van der Waals surface area contributed by atoms with Crippen molar-refractivity contribution in [2.45, 2.75) is 39.3 Å². The van der Waals surface area contributed by atoms with Crippen molar-refractivity contribution in [3.05, 3.63) is 0 Å². The molecule has 0 atom stereocenters.